The predicted molar refractivity (Wildman–Crippen MR) is 84.5 cm³/mol. The first-order chi connectivity index (χ1) is 9.99. The Balaban J connectivity index is 2.05. The number of rotatable bonds is 6. The van der Waals surface area contributed by atoms with Crippen molar-refractivity contribution in [1.82, 2.24) is 4.98 Å². The van der Waals surface area contributed by atoms with Gasteiger partial charge in [0.15, 0.2) is 5.13 Å². The smallest absolute Gasteiger partial charge is 0.309 e. The first-order valence-corrected chi connectivity index (χ1v) is 8.26. The summed E-state index contributed by atoms with van der Waals surface area (Å²) in [5.74, 6) is -1.13. The topological polar surface area (TPSA) is 79.3 Å². The maximum Gasteiger partial charge on any atom is 0.309 e. The molecule has 7 heteroatoms. The number of aryl methyl sites for hydroxylation is 2. The van der Waals surface area contributed by atoms with E-state index >= 15 is 0 Å². The number of carboxylic acid groups (broad SMARTS) is 1. The van der Waals surface area contributed by atoms with Crippen LogP contribution in [0.1, 0.15) is 39.2 Å². The van der Waals surface area contributed by atoms with Crippen LogP contribution in [-0.2, 0) is 17.6 Å². The van der Waals surface area contributed by atoms with Crippen LogP contribution < -0.4 is 5.32 Å². The molecule has 0 spiro atoms. The highest BCUT2D eigenvalue weighted by Gasteiger charge is 2.14. The lowest BCUT2D eigenvalue weighted by molar-refractivity contribution is -0.136. The van der Waals surface area contributed by atoms with Crippen LogP contribution in [0.5, 0.6) is 0 Å². The zero-order valence-electron chi connectivity index (χ0n) is 11.8. The molecule has 0 bridgehead atoms. The molecule has 2 aromatic heterocycles. The minimum Gasteiger partial charge on any atom is -0.481 e. The van der Waals surface area contributed by atoms with Crippen molar-refractivity contribution in [2.24, 2.45) is 0 Å². The maximum absolute atomic E-state index is 12.2. The van der Waals surface area contributed by atoms with Crippen molar-refractivity contribution in [3.8, 4) is 0 Å². The molecule has 0 saturated heterocycles. The van der Waals surface area contributed by atoms with E-state index in [1.165, 1.54) is 28.2 Å². The number of anilines is 1. The van der Waals surface area contributed by atoms with Crippen molar-refractivity contribution in [1.29, 1.82) is 0 Å². The summed E-state index contributed by atoms with van der Waals surface area (Å²) in [6, 6.07) is 1.92. The van der Waals surface area contributed by atoms with Crippen molar-refractivity contribution in [2.45, 2.75) is 33.1 Å². The Kier molecular flexibility index (Phi) is 5.08. The minimum absolute atomic E-state index is 0.134. The maximum atomic E-state index is 12.2. The van der Waals surface area contributed by atoms with Crippen LogP contribution in [-0.4, -0.2) is 22.0 Å². The number of thiophene rings is 1. The van der Waals surface area contributed by atoms with E-state index in [9.17, 15) is 9.59 Å². The molecule has 0 aromatic carbocycles. The molecule has 5 nitrogen and oxygen atoms in total. The van der Waals surface area contributed by atoms with Gasteiger partial charge >= 0.3 is 5.97 Å². The zero-order valence-corrected chi connectivity index (χ0v) is 13.4. The number of hydrogen-bond donors (Lipinski definition) is 2. The van der Waals surface area contributed by atoms with E-state index in [0.29, 0.717) is 15.7 Å². The summed E-state index contributed by atoms with van der Waals surface area (Å²) in [7, 11) is 0. The fourth-order valence-corrected chi connectivity index (χ4v) is 3.58. The van der Waals surface area contributed by atoms with Crippen LogP contribution in [0.2, 0.25) is 0 Å². The van der Waals surface area contributed by atoms with Gasteiger partial charge in [0.25, 0.3) is 5.91 Å². The SMILES string of the molecule is CCCc1cc(C(=O)Nc2nc(CC(=O)O)cs2)sc1C. The number of carbonyl (C=O) groups excluding carboxylic acids is 1. The predicted octanol–water partition coefficient (Wildman–Crippen LogP) is 3.34. The second-order valence-electron chi connectivity index (χ2n) is 4.61. The van der Waals surface area contributed by atoms with Gasteiger partial charge in [-0.05, 0) is 25.0 Å². The van der Waals surface area contributed by atoms with Gasteiger partial charge in [-0.15, -0.1) is 22.7 Å². The third kappa shape index (κ3) is 4.12. The molecule has 21 heavy (non-hydrogen) atoms. The second-order valence-corrected chi connectivity index (χ2v) is 6.73. The molecule has 0 aliphatic carbocycles. The average Bonchev–Trinajstić information content (AvgIpc) is 2.97. The highest BCUT2D eigenvalue weighted by molar-refractivity contribution is 7.15. The Bertz CT molecular complexity index is 661. The monoisotopic (exact) mass is 324 g/mol. The minimum atomic E-state index is -0.934. The highest BCUT2D eigenvalue weighted by Crippen LogP contribution is 2.24. The van der Waals surface area contributed by atoms with E-state index in [1.807, 2.05) is 13.0 Å². The number of thiazole rings is 1. The van der Waals surface area contributed by atoms with Crippen LogP contribution in [0.3, 0.4) is 0 Å². The van der Waals surface area contributed by atoms with Crippen LogP contribution in [0.25, 0.3) is 0 Å². The Morgan fingerprint density at radius 1 is 1.43 bits per heavy atom. The van der Waals surface area contributed by atoms with Gasteiger partial charge in [0.2, 0.25) is 0 Å². The summed E-state index contributed by atoms with van der Waals surface area (Å²) in [5, 5.41) is 13.5. The van der Waals surface area contributed by atoms with Crippen LogP contribution in [0.15, 0.2) is 11.4 Å². The molecule has 0 radical (unpaired) electrons. The van der Waals surface area contributed by atoms with Gasteiger partial charge in [0.1, 0.15) is 0 Å². The third-order valence-corrected chi connectivity index (χ3v) is 4.77. The Morgan fingerprint density at radius 2 is 2.19 bits per heavy atom. The van der Waals surface area contributed by atoms with Crippen molar-refractivity contribution in [3.63, 3.8) is 0 Å². The summed E-state index contributed by atoms with van der Waals surface area (Å²) in [5.41, 5.74) is 1.66. The van der Waals surface area contributed by atoms with Gasteiger partial charge in [-0.1, -0.05) is 13.3 Å². The van der Waals surface area contributed by atoms with Gasteiger partial charge in [-0.25, -0.2) is 4.98 Å². The van der Waals surface area contributed by atoms with E-state index in [-0.39, 0.29) is 12.3 Å². The molecular formula is C14H16N2O3S2. The first-order valence-electron chi connectivity index (χ1n) is 6.56. The molecule has 0 saturated carbocycles. The summed E-state index contributed by atoms with van der Waals surface area (Å²) < 4.78 is 0. The number of amides is 1. The standard InChI is InChI=1S/C14H16N2O3S2/c1-3-4-9-5-11(21-8(9)2)13(19)16-14-15-10(7-20-14)6-12(17)18/h5,7H,3-4,6H2,1-2H3,(H,17,18)(H,15,16,19). The molecule has 0 aliphatic heterocycles. The lowest BCUT2D eigenvalue weighted by Crippen LogP contribution is -2.10. The summed E-state index contributed by atoms with van der Waals surface area (Å²) in [6.45, 7) is 4.12. The lowest BCUT2D eigenvalue weighted by atomic mass is 10.1. The van der Waals surface area contributed by atoms with Gasteiger partial charge in [0.05, 0.1) is 17.0 Å². The van der Waals surface area contributed by atoms with Gasteiger partial charge in [-0.2, -0.15) is 0 Å². The molecule has 2 heterocycles. The fourth-order valence-electron chi connectivity index (χ4n) is 1.91. The van der Waals surface area contributed by atoms with E-state index in [0.717, 1.165) is 17.7 Å². The number of nitrogens with zero attached hydrogens (tertiary/aromatic N) is 1. The van der Waals surface area contributed by atoms with Crippen molar-refractivity contribution in [3.05, 3.63) is 32.5 Å². The van der Waals surface area contributed by atoms with Gasteiger partial charge in [-0.3, -0.25) is 14.9 Å². The average molecular weight is 324 g/mol. The quantitative estimate of drug-likeness (QED) is 0.854. The van der Waals surface area contributed by atoms with E-state index in [1.54, 1.807) is 5.38 Å². The normalized spacial score (nSPS) is 10.6. The highest BCUT2D eigenvalue weighted by atomic mass is 32.1. The Morgan fingerprint density at radius 3 is 2.86 bits per heavy atom. The number of hydrogen-bond acceptors (Lipinski definition) is 5. The van der Waals surface area contributed by atoms with E-state index < -0.39 is 5.97 Å². The third-order valence-electron chi connectivity index (χ3n) is 2.87. The summed E-state index contributed by atoms with van der Waals surface area (Å²) >= 11 is 2.70. The van der Waals surface area contributed by atoms with E-state index in [4.69, 9.17) is 5.11 Å². The van der Waals surface area contributed by atoms with Crippen LogP contribution >= 0.6 is 22.7 Å². The van der Waals surface area contributed by atoms with Gasteiger partial charge < -0.3 is 5.11 Å². The summed E-state index contributed by atoms with van der Waals surface area (Å²) in [4.78, 5) is 28.7. The number of carboxylic acids is 1. The Hall–Kier alpha value is -1.73. The molecular weight excluding hydrogens is 308 g/mol. The molecule has 2 aromatic rings. The van der Waals surface area contributed by atoms with Crippen molar-refractivity contribution < 1.29 is 14.7 Å². The molecule has 0 fully saturated rings. The number of nitrogens with one attached hydrogen (secondary N) is 1. The zero-order chi connectivity index (χ0) is 15.4. The molecule has 1 amide bonds. The second kappa shape index (κ2) is 6.82. The van der Waals surface area contributed by atoms with E-state index in [2.05, 4.69) is 17.2 Å². The van der Waals surface area contributed by atoms with Crippen LogP contribution in [0.4, 0.5) is 5.13 Å². The summed E-state index contributed by atoms with van der Waals surface area (Å²) in [6.07, 6.45) is 1.88. The largest absolute Gasteiger partial charge is 0.481 e. The lowest BCUT2D eigenvalue weighted by Gasteiger charge is -1.97. The number of aliphatic carboxylic acids is 1. The number of carbonyl (C=O) groups is 2. The van der Waals surface area contributed by atoms with Crippen LogP contribution in [0, 0.1) is 6.92 Å². The van der Waals surface area contributed by atoms with Gasteiger partial charge in [0, 0.05) is 10.3 Å². The molecule has 2 rings (SSSR count). The molecule has 0 aliphatic rings. The number of aromatic nitrogens is 1. The Labute approximate surface area is 130 Å². The first kappa shape index (κ1) is 15.7. The van der Waals surface area contributed by atoms with Crippen molar-refractivity contribution >= 4 is 39.7 Å². The molecule has 0 atom stereocenters. The molecule has 112 valence electrons. The van der Waals surface area contributed by atoms with Crippen molar-refractivity contribution in [2.75, 3.05) is 5.32 Å². The molecule has 2 N–H and O–H groups in total. The molecule has 0 unspecified atom stereocenters. The fraction of sp³-hybridized carbons (Fsp3) is 0.357.